The maximum atomic E-state index is 13.1. The van der Waals surface area contributed by atoms with Crippen LogP contribution in [0.15, 0.2) is 52.5 Å². The molecule has 0 fully saturated rings. The highest BCUT2D eigenvalue weighted by atomic mass is 32.2. The maximum absolute atomic E-state index is 13.1. The predicted molar refractivity (Wildman–Crippen MR) is 128 cm³/mol. The fourth-order valence-corrected chi connectivity index (χ4v) is 3.52. The summed E-state index contributed by atoms with van der Waals surface area (Å²) in [6.07, 6.45) is -0.719. The minimum absolute atomic E-state index is 0.112. The molecule has 10 nitrogen and oxygen atoms in total. The quantitative estimate of drug-likeness (QED) is 0.159. The van der Waals surface area contributed by atoms with E-state index in [2.05, 4.69) is 5.10 Å². The Balaban J connectivity index is 2.20. The second-order valence-electron chi connectivity index (χ2n) is 8.15. The van der Waals surface area contributed by atoms with E-state index >= 15 is 0 Å². The summed E-state index contributed by atoms with van der Waals surface area (Å²) in [6, 6.07) is 10.8. The van der Waals surface area contributed by atoms with Crippen molar-refractivity contribution >= 4 is 29.8 Å². The highest BCUT2D eigenvalue weighted by Gasteiger charge is 2.25. The van der Waals surface area contributed by atoms with Gasteiger partial charge in [-0.15, -0.1) is 5.10 Å². The SMILES string of the molecule is COc1cc(/C(N)=N/N(N)Cc2ccc(F)cc2)ccc1SN(CC(N)=O)C(=O)OC(C)(C)C. The Morgan fingerprint density at radius 1 is 1.12 bits per heavy atom. The number of hydrogen-bond acceptors (Lipinski definition) is 8. The van der Waals surface area contributed by atoms with E-state index in [0.717, 1.165) is 26.9 Å². The van der Waals surface area contributed by atoms with Crippen molar-refractivity contribution in [2.45, 2.75) is 37.8 Å². The molecule has 0 bridgehead atoms. The van der Waals surface area contributed by atoms with Crippen LogP contribution in [-0.2, 0) is 16.1 Å². The summed E-state index contributed by atoms with van der Waals surface area (Å²) in [5.74, 6) is 5.36. The summed E-state index contributed by atoms with van der Waals surface area (Å²) in [4.78, 5) is 24.5. The molecule has 2 aromatic rings. The van der Waals surface area contributed by atoms with E-state index in [1.165, 1.54) is 19.2 Å². The normalized spacial score (nSPS) is 11.6. The highest BCUT2D eigenvalue weighted by molar-refractivity contribution is 7.97. The molecular formula is C22H29FN6O4S. The molecule has 0 atom stereocenters. The Kier molecular flexibility index (Phi) is 9.10. The first-order valence-electron chi connectivity index (χ1n) is 10.1. The van der Waals surface area contributed by atoms with E-state index in [0.29, 0.717) is 16.2 Å². The van der Waals surface area contributed by atoms with Crippen molar-refractivity contribution in [3.05, 3.63) is 59.4 Å². The first kappa shape index (κ1) is 26.7. The van der Waals surface area contributed by atoms with Gasteiger partial charge in [0.15, 0.2) is 5.84 Å². The van der Waals surface area contributed by atoms with Gasteiger partial charge >= 0.3 is 6.09 Å². The number of halogens is 1. The van der Waals surface area contributed by atoms with Crippen molar-refractivity contribution in [1.82, 2.24) is 9.42 Å². The van der Waals surface area contributed by atoms with Crippen molar-refractivity contribution < 1.29 is 23.5 Å². The van der Waals surface area contributed by atoms with E-state index < -0.39 is 17.6 Å². The molecule has 0 spiro atoms. The Hall–Kier alpha value is -3.51. The number of methoxy groups -OCH3 is 1. The number of carbonyl (C=O) groups is 2. The molecule has 0 unspecified atom stereocenters. The molecule has 0 heterocycles. The molecule has 0 aliphatic carbocycles. The Morgan fingerprint density at radius 3 is 2.32 bits per heavy atom. The van der Waals surface area contributed by atoms with E-state index in [-0.39, 0.29) is 24.7 Å². The van der Waals surface area contributed by atoms with Crippen molar-refractivity contribution in [1.29, 1.82) is 0 Å². The van der Waals surface area contributed by atoms with Crippen molar-refractivity contribution in [3.63, 3.8) is 0 Å². The summed E-state index contributed by atoms with van der Waals surface area (Å²) >= 11 is 0.941. The van der Waals surface area contributed by atoms with Crippen molar-refractivity contribution in [2.75, 3.05) is 13.7 Å². The summed E-state index contributed by atoms with van der Waals surface area (Å²) in [6.45, 7) is 4.99. The molecule has 12 heteroatoms. The number of rotatable bonds is 9. The maximum Gasteiger partial charge on any atom is 0.421 e. The number of benzene rings is 2. The summed E-state index contributed by atoms with van der Waals surface area (Å²) in [5.41, 5.74) is 11.9. The van der Waals surface area contributed by atoms with Crippen LogP contribution in [0.1, 0.15) is 31.9 Å². The average Bonchev–Trinajstić information content (AvgIpc) is 2.73. The molecule has 184 valence electrons. The van der Waals surface area contributed by atoms with E-state index in [1.807, 2.05) is 0 Å². The number of amidine groups is 1. The summed E-state index contributed by atoms with van der Waals surface area (Å²) in [7, 11) is 1.45. The van der Waals surface area contributed by atoms with Crippen LogP contribution in [0.25, 0.3) is 0 Å². The zero-order valence-electron chi connectivity index (χ0n) is 19.4. The second kappa shape index (κ2) is 11.6. The first-order chi connectivity index (χ1) is 15.9. The van der Waals surface area contributed by atoms with E-state index in [9.17, 15) is 14.0 Å². The van der Waals surface area contributed by atoms with E-state index in [4.69, 9.17) is 26.8 Å². The van der Waals surface area contributed by atoms with Gasteiger partial charge in [0, 0.05) is 5.56 Å². The van der Waals surface area contributed by atoms with Crippen LogP contribution >= 0.6 is 11.9 Å². The number of nitrogens with two attached hydrogens (primary N) is 3. The van der Waals surface area contributed by atoms with Crippen LogP contribution in [-0.4, -0.2) is 46.5 Å². The lowest BCUT2D eigenvalue weighted by molar-refractivity contribution is -0.118. The van der Waals surface area contributed by atoms with Gasteiger partial charge in [-0.2, -0.15) is 0 Å². The smallest absolute Gasteiger partial charge is 0.421 e. The third-order valence-corrected chi connectivity index (χ3v) is 5.09. The molecule has 34 heavy (non-hydrogen) atoms. The van der Waals surface area contributed by atoms with Crippen LogP contribution in [0.2, 0.25) is 0 Å². The number of nitrogens with zero attached hydrogens (tertiary/aromatic N) is 3. The predicted octanol–water partition coefficient (Wildman–Crippen LogP) is 2.56. The van der Waals surface area contributed by atoms with Gasteiger partial charge in [-0.3, -0.25) is 4.79 Å². The average molecular weight is 493 g/mol. The third kappa shape index (κ3) is 8.45. The Morgan fingerprint density at radius 2 is 1.76 bits per heavy atom. The lowest BCUT2D eigenvalue weighted by Gasteiger charge is -2.26. The number of amides is 2. The lowest BCUT2D eigenvalue weighted by Crippen LogP contribution is -2.37. The van der Waals surface area contributed by atoms with Gasteiger partial charge in [-0.25, -0.2) is 24.5 Å². The monoisotopic (exact) mass is 492 g/mol. The minimum Gasteiger partial charge on any atom is -0.495 e. The number of hydrogen-bond donors (Lipinski definition) is 3. The summed E-state index contributed by atoms with van der Waals surface area (Å²) in [5, 5.41) is 5.28. The molecule has 0 saturated carbocycles. The van der Waals surface area contributed by atoms with Crippen LogP contribution in [0.3, 0.4) is 0 Å². The zero-order chi connectivity index (χ0) is 25.5. The molecule has 0 saturated heterocycles. The summed E-state index contributed by atoms with van der Waals surface area (Å²) < 4.78 is 24.9. The molecule has 0 radical (unpaired) electrons. The zero-order valence-corrected chi connectivity index (χ0v) is 20.3. The first-order valence-corrected chi connectivity index (χ1v) is 10.9. The van der Waals surface area contributed by atoms with Gasteiger partial charge < -0.3 is 20.9 Å². The van der Waals surface area contributed by atoms with Gasteiger partial charge in [-0.05, 0) is 68.6 Å². The molecule has 6 N–H and O–H groups in total. The molecular weight excluding hydrogens is 463 g/mol. The number of hydrazine groups is 1. The lowest BCUT2D eigenvalue weighted by atomic mass is 10.2. The van der Waals surface area contributed by atoms with Gasteiger partial charge in [0.2, 0.25) is 5.91 Å². The Bertz CT molecular complexity index is 1040. The second-order valence-corrected chi connectivity index (χ2v) is 9.21. The molecule has 2 amide bonds. The van der Waals surface area contributed by atoms with Crippen LogP contribution in [0, 0.1) is 5.82 Å². The van der Waals surface area contributed by atoms with Gasteiger partial charge in [0.25, 0.3) is 0 Å². The van der Waals surface area contributed by atoms with Crippen molar-refractivity contribution in [2.24, 2.45) is 22.4 Å². The van der Waals surface area contributed by atoms with Gasteiger partial charge in [0.05, 0.1) is 18.6 Å². The topological polar surface area (TPSA) is 149 Å². The molecule has 0 aliphatic rings. The minimum atomic E-state index is -0.756. The van der Waals surface area contributed by atoms with Crippen LogP contribution < -0.4 is 22.0 Å². The Labute approximate surface area is 201 Å². The van der Waals surface area contributed by atoms with Crippen LogP contribution in [0.5, 0.6) is 5.75 Å². The fourth-order valence-electron chi connectivity index (χ4n) is 2.62. The molecule has 2 rings (SSSR count). The highest BCUT2D eigenvalue weighted by Crippen LogP contribution is 2.33. The number of carbonyl (C=O) groups excluding carboxylic acids is 2. The number of hydrazone groups is 1. The van der Waals surface area contributed by atoms with E-state index in [1.54, 1.807) is 51.1 Å². The van der Waals surface area contributed by atoms with Gasteiger partial charge in [0.1, 0.15) is 23.7 Å². The molecule has 0 aliphatic heterocycles. The largest absolute Gasteiger partial charge is 0.495 e. The van der Waals surface area contributed by atoms with Crippen LogP contribution in [0.4, 0.5) is 9.18 Å². The number of primary amides is 1. The molecule has 0 aromatic heterocycles. The molecule has 2 aromatic carbocycles. The third-order valence-electron chi connectivity index (χ3n) is 4.06. The number of ether oxygens (including phenoxy) is 2. The van der Waals surface area contributed by atoms with Crippen molar-refractivity contribution in [3.8, 4) is 5.75 Å². The van der Waals surface area contributed by atoms with Gasteiger partial charge in [-0.1, -0.05) is 12.1 Å². The fraction of sp³-hybridized carbons (Fsp3) is 0.318. The standard InChI is InChI=1S/C22H29FN6O4S/c1-22(2,3)33-21(31)28(13-19(24)30)34-18-10-7-15(11-17(18)32-4)20(25)27-29(26)12-14-5-8-16(23)9-6-14/h5-11H,12-13,26H2,1-4H3,(H2,24,30)(H2,25,27).